The van der Waals surface area contributed by atoms with E-state index in [9.17, 15) is 0 Å². The molecule has 1 aromatic rings. The number of nitrogens with zero attached hydrogens (tertiary/aromatic N) is 1. The van der Waals surface area contributed by atoms with Crippen molar-refractivity contribution in [2.75, 3.05) is 39.5 Å². The summed E-state index contributed by atoms with van der Waals surface area (Å²) < 4.78 is 11.6. The van der Waals surface area contributed by atoms with Gasteiger partial charge in [0.15, 0.2) is 0 Å². The number of ether oxygens (including phenoxy) is 2. The zero-order chi connectivity index (χ0) is 17.3. The zero-order valence-electron chi connectivity index (χ0n) is 15.6. The van der Waals surface area contributed by atoms with Crippen LogP contribution in [0.2, 0.25) is 0 Å². The lowest BCUT2D eigenvalue weighted by molar-refractivity contribution is -0.193. The van der Waals surface area contributed by atoms with Crippen molar-refractivity contribution in [1.82, 2.24) is 10.2 Å². The van der Waals surface area contributed by atoms with Crippen molar-refractivity contribution in [3.8, 4) is 0 Å². The zero-order valence-corrected chi connectivity index (χ0v) is 15.6. The predicted molar refractivity (Wildman–Crippen MR) is 99.6 cm³/mol. The fraction of sp³-hybridized carbons (Fsp3) is 0.714. The van der Waals surface area contributed by atoms with E-state index >= 15 is 0 Å². The minimum absolute atomic E-state index is 0.233. The summed E-state index contributed by atoms with van der Waals surface area (Å²) in [5.41, 5.74) is 1.64. The van der Waals surface area contributed by atoms with Gasteiger partial charge in [0.2, 0.25) is 0 Å². The molecule has 25 heavy (non-hydrogen) atoms. The number of rotatable bonds is 5. The van der Waals surface area contributed by atoms with Crippen LogP contribution in [0.1, 0.15) is 38.3 Å². The molecule has 1 saturated carbocycles. The Bertz CT molecular complexity index is 556. The molecule has 0 unspecified atom stereocenters. The molecule has 1 N–H and O–H groups in total. The van der Waals surface area contributed by atoms with Crippen molar-refractivity contribution in [3.05, 3.63) is 35.9 Å². The first kappa shape index (κ1) is 17.5. The number of fused-ring (bicyclic) bond motifs is 1. The lowest BCUT2D eigenvalue weighted by Crippen LogP contribution is -2.69. The number of morpholine rings is 1. The molecular weight excluding hydrogens is 312 g/mol. The Hall–Kier alpha value is -0.940. The quantitative estimate of drug-likeness (QED) is 0.891. The van der Waals surface area contributed by atoms with Crippen molar-refractivity contribution in [2.24, 2.45) is 11.3 Å². The molecule has 4 heteroatoms. The van der Waals surface area contributed by atoms with Crippen molar-refractivity contribution < 1.29 is 9.47 Å². The lowest BCUT2D eigenvalue weighted by atomic mass is 9.55. The summed E-state index contributed by atoms with van der Waals surface area (Å²) in [6.07, 6.45) is 2.96. The summed E-state index contributed by atoms with van der Waals surface area (Å²) in [6, 6.07) is 11.9. The smallest absolute Gasteiger partial charge is 0.0684 e. The average Bonchev–Trinajstić information content (AvgIpc) is 2.66. The molecule has 3 aliphatic rings. The van der Waals surface area contributed by atoms with E-state index in [4.69, 9.17) is 9.47 Å². The van der Waals surface area contributed by atoms with Gasteiger partial charge in [-0.25, -0.2) is 0 Å². The molecule has 0 bridgehead atoms. The molecule has 4 atom stereocenters. The van der Waals surface area contributed by atoms with E-state index in [-0.39, 0.29) is 5.41 Å². The Balaban J connectivity index is 1.45. The van der Waals surface area contributed by atoms with Gasteiger partial charge in [-0.1, -0.05) is 44.2 Å². The Morgan fingerprint density at radius 1 is 1.16 bits per heavy atom. The molecule has 1 aliphatic carbocycles. The lowest BCUT2D eigenvalue weighted by Gasteiger charge is -2.60. The highest BCUT2D eigenvalue weighted by Gasteiger charge is 2.57. The highest BCUT2D eigenvalue weighted by atomic mass is 16.5. The second-order valence-corrected chi connectivity index (χ2v) is 8.38. The molecule has 4 nitrogen and oxygen atoms in total. The standard InChI is InChI=1S/C21H32N2O2/c1-21(2)19(17-9-6-12-25-20(17)21)22-15-18(16-7-4-3-5-8-16)23-10-13-24-14-11-23/h3-5,7-8,17-20,22H,6,9-15H2,1-2H3/t17-,18-,19-,20-/m1/s1. The van der Waals surface area contributed by atoms with Gasteiger partial charge < -0.3 is 14.8 Å². The number of benzene rings is 1. The maximum Gasteiger partial charge on any atom is 0.0684 e. The fourth-order valence-electron chi connectivity index (χ4n) is 5.20. The molecule has 138 valence electrons. The first-order chi connectivity index (χ1) is 12.2. The molecular formula is C21H32N2O2. The van der Waals surface area contributed by atoms with E-state index in [0.29, 0.717) is 24.1 Å². The van der Waals surface area contributed by atoms with Gasteiger partial charge in [0, 0.05) is 49.7 Å². The van der Waals surface area contributed by atoms with Crippen LogP contribution in [0.25, 0.3) is 0 Å². The monoisotopic (exact) mass is 344 g/mol. The van der Waals surface area contributed by atoms with Gasteiger partial charge in [-0.15, -0.1) is 0 Å². The minimum atomic E-state index is 0.233. The van der Waals surface area contributed by atoms with Crippen molar-refractivity contribution in [2.45, 2.75) is 44.9 Å². The van der Waals surface area contributed by atoms with Crippen molar-refractivity contribution in [3.63, 3.8) is 0 Å². The van der Waals surface area contributed by atoms with Crippen LogP contribution in [0, 0.1) is 11.3 Å². The maximum atomic E-state index is 6.06. The van der Waals surface area contributed by atoms with E-state index in [2.05, 4.69) is 54.4 Å². The first-order valence-electron chi connectivity index (χ1n) is 9.89. The highest BCUT2D eigenvalue weighted by Crippen LogP contribution is 2.51. The largest absolute Gasteiger partial charge is 0.379 e. The van der Waals surface area contributed by atoms with Crippen molar-refractivity contribution in [1.29, 1.82) is 0 Å². The van der Waals surface area contributed by atoms with Gasteiger partial charge in [-0.3, -0.25) is 4.90 Å². The molecule has 2 heterocycles. The van der Waals surface area contributed by atoms with Gasteiger partial charge in [-0.05, 0) is 18.4 Å². The van der Waals surface area contributed by atoms with Gasteiger partial charge in [0.1, 0.15) is 0 Å². The molecule has 0 aromatic heterocycles. The van der Waals surface area contributed by atoms with Crippen molar-refractivity contribution >= 4 is 0 Å². The first-order valence-corrected chi connectivity index (χ1v) is 9.89. The predicted octanol–water partition coefficient (Wildman–Crippen LogP) is 2.85. The molecule has 4 rings (SSSR count). The molecule has 3 fully saturated rings. The van der Waals surface area contributed by atoms with Crippen LogP contribution in [0.15, 0.2) is 30.3 Å². The third-order valence-corrected chi connectivity index (χ3v) is 6.53. The van der Waals surface area contributed by atoms with Gasteiger partial charge in [0.25, 0.3) is 0 Å². The number of hydrogen-bond donors (Lipinski definition) is 1. The highest BCUT2D eigenvalue weighted by molar-refractivity contribution is 5.20. The van der Waals surface area contributed by atoms with Gasteiger partial charge in [0.05, 0.1) is 19.3 Å². The van der Waals surface area contributed by atoms with Gasteiger partial charge >= 0.3 is 0 Å². The number of hydrogen-bond acceptors (Lipinski definition) is 4. The van der Waals surface area contributed by atoms with Crippen LogP contribution in [-0.4, -0.2) is 56.5 Å². The van der Waals surface area contributed by atoms with Crippen LogP contribution in [-0.2, 0) is 9.47 Å². The van der Waals surface area contributed by atoms with E-state index in [1.165, 1.54) is 18.4 Å². The van der Waals surface area contributed by atoms with Crippen LogP contribution in [0.4, 0.5) is 0 Å². The maximum absolute atomic E-state index is 6.06. The van der Waals surface area contributed by atoms with E-state index in [1.807, 2.05) is 0 Å². The second kappa shape index (κ2) is 7.36. The number of nitrogens with one attached hydrogen (secondary N) is 1. The summed E-state index contributed by atoms with van der Waals surface area (Å²) in [7, 11) is 0. The summed E-state index contributed by atoms with van der Waals surface area (Å²) in [5.74, 6) is 0.685. The third-order valence-electron chi connectivity index (χ3n) is 6.53. The summed E-state index contributed by atoms with van der Waals surface area (Å²) >= 11 is 0. The van der Waals surface area contributed by atoms with Crippen LogP contribution in [0.5, 0.6) is 0 Å². The summed E-state index contributed by atoms with van der Waals surface area (Å²) in [4.78, 5) is 2.58. The normalized spacial score (nSPS) is 33.3. The third kappa shape index (κ3) is 3.37. The molecule has 0 spiro atoms. The summed E-state index contributed by atoms with van der Waals surface area (Å²) in [6.45, 7) is 10.4. The molecule has 2 aliphatic heterocycles. The topological polar surface area (TPSA) is 33.7 Å². The summed E-state index contributed by atoms with van der Waals surface area (Å²) in [5, 5.41) is 3.94. The Morgan fingerprint density at radius 3 is 2.68 bits per heavy atom. The van der Waals surface area contributed by atoms with Crippen LogP contribution >= 0.6 is 0 Å². The molecule has 2 saturated heterocycles. The van der Waals surface area contributed by atoms with E-state index < -0.39 is 0 Å². The molecule has 0 radical (unpaired) electrons. The molecule has 1 aromatic carbocycles. The minimum Gasteiger partial charge on any atom is -0.379 e. The van der Waals surface area contributed by atoms with Crippen LogP contribution in [0.3, 0.4) is 0 Å². The fourth-order valence-corrected chi connectivity index (χ4v) is 5.20. The van der Waals surface area contributed by atoms with Gasteiger partial charge in [-0.2, -0.15) is 0 Å². The SMILES string of the molecule is CC1(C)[C@H](NC[C@H](c2ccccc2)N2CCOCC2)[C@H]2CCCO[C@H]21. The van der Waals surface area contributed by atoms with E-state index in [0.717, 1.165) is 39.5 Å². The Morgan fingerprint density at radius 2 is 1.92 bits per heavy atom. The van der Waals surface area contributed by atoms with Crippen LogP contribution < -0.4 is 5.32 Å². The Labute approximate surface area is 151 Å². The average molecular weight is 344 g/mol. The molecule has 0 amide bonds. The Kier molecular flexibility index (Phi) is 5.14. The second-order valence-electron chi connectivity index (χ2n) is 8.38. The van der Waals surface area contributed by atoms with E-state index in [1.54, 1.807) is 0 Å².